The van der Waals surface area contributed by atoms with Crippen molar-refractivity contribution in [1.82, 2.24) is 9.78 Å². The molecule has 0 aliphatic heterocycles. The Kier molecular flexibility index (Phi) is 5.74. The summed E-state index contributed by atoms with van der Waals surface area (Å²) in [5, 5.41) is 7.25. The van der Waals surface area contributed by atoms with Crippen LogP contribution in [-0.2, 0) is 9.53 Å². The number of anilines is 1. The SMILES string of the molecule is COC(=O)c1ccc(OCC(=O)Nc2cc(C)nn2-c2ccc(C)cc2)cc1. The van der Waals surface area contributed by atoms with E-state index >= 15 is 0 Å². The van der Waals surface area contributed by atoms with Crippen LogP contribution in [0, 0.1) is 13.8 Å². The molecule has 1 N–H and O–H groups in total. The maximum Gasteiger partial charge on any atom is 0.337 e. The van der Waals surface area contributed by atoms with Gasteiger partial charge in [0.1, 0.15) is 11.6 Å². The highest BCUT2D eigenvalue weighted by Crippen LogP contribution is 2.18. The first-order chi connectivity index (χ1) is 13.5. The number of carbonyl (C=O) groups is 2. The quantitative estimate of drug-likeness (QED) is 0.665. The molecule has 1 amide bonds. The average Bonchev–Trinajstić information content (AvgIpc) is 3.06. The molecule has 0 aliphatic rings. The molecule has 0 bridgehead atoms. The molecular formula is C21H21N3O4. The van der Waals surface area contributed by atoms with Gasteiger partial charge in [0.25, 0.3) is 5.91 Å². The summed E-state index contributed by atoms with van der Waals surface area (Å²) in [5.74, 6) is 0.302. The van der Waals surface area contributed by atoms with Crippen molar-refractivity contribution >= 4 is 17.7 Å². The lowest BCUT2D eigenvalue weighted by Gasteiger charge is -2.10. The second-order valence-corrected chi connectivity index (χ2v) is 6.27. The Balaban J connectivity index is 1.64. The third-order valence-electron chi connectivity index (χ3n) is 4.02. The molecule has 0 spiro atoms. The number of carbonyl (C=O) groups excluding carboxylic acids is 2. The fourth-order valence-corrected chi connectivity index (χ4v) is 2.60. The number of ether oxygens (including phenoxy) is 2. The summed E-state index contributed by atoms with van der Waals surface area (Å²) in [7, 11) is 1.32. The van der Waals surface area contributed by atoms with Crippen molar-refractivity contribution in [3.8, 4) is 11.4 Å². The summed E-state index contributed by atoms with van der Waals surface area (Å²) >= 11 is 0. The largest absolute Gasteiger partial charge is 0.484 e. The van der Waals surface area contributed by atoms with Crippen molar-refractivity contribution in [1.29, 1.82) is 0 Å². The van der Waals surface area contributed by atoms with Gasteiger partial charge >= 0.3 is 5.97 Å². The first-order valence-corrected chi connectivity index (χ1v) is 8.71. The zero-order chi connectivity index (χ0) is 20.1. The summed E-state index contributed by atoms with van der Waals surface area (Å²) in [4.78, 5) is 23.7. The Labute approximate surface area is 162 Å². The van der Waals surface area contributed by atoms with E-state index in [-0.39, 0.29) is 12.5 Å². The van der Waals surface area contributed by atoms with Crippen LogP contribution in [0.1, 0.15) is 21.6 Å². The lowest BCUT2D eigenvalue weighted by atomic mass is 10.2. The maximum atomic E-state index is 12.3. The van der Waals surface area contributed by atoms with Crippen LogP contribution in [-0.4, -0.2) is 35.4 Å². The van der Waals surface area contributed by atoms with Gasteiger partial charge in [0.2, 0.25) is 0 Å². The molecule has 0 atom stereocenters. The minimum atomic E-state index is -0.427. The summed E-state index contributed by atoms with van der Waals surface area (Å²) < 4.78 is 11.8. The number of nitrogens with one attached hydrogen (secondary N) is 1. The second kappa shape index (κ2) is 8.39. The van der Waals surface area contributed by atoms with Gasteiger partial charge in [0.15, 0.2) is 6.61 Å². The van der Waals surface area contributed by atoms with E-state index in [4.69, 9.17) is 4.74 Å². The predicted octanol–water partition coefficient (Wildman–Crippen LogP) is 3.29. The highest BCUT2D eigenvalue weighted by atomic mass is 16.5. The number of benzene rings is 2. The molecule has 0 fully saturated rings. The van der Waals surface area contributed by atoms with Crippen LogP contribution in [0.4, 0.5) is 5.82 Å². The monoisotopic (exact) mass is 379 g/mol. The zero-order valence-electron chi connectivity index (χ0n) is 15.9. The summed E-state index contributed by atoms with van der Waals surface area (Å²) in [5.41, 5.74) is 3.20. The normalized spacial score (nSPS) is 10.4. The van der Waals surface area contributed by atoms with E-state index < -0.39 is 5.97 Å². The highest BCUT2D eigenvalue weighted by molar-refractivity contribution is 5.91. The molecule has 1 aromatic heterocycles. The van der Waals surface area contributed by atoms with E-state index in [1.54, 1.807) is 35.0 Å². The van der Waals surface area contributed by atoms with Crippen LogP contribution in [0.25, 0.3) is 5.69 Å². The van der Waals surface area contributed by atoms with Crippen molar-refractivity contribution in [3.63, 3.8) is 0 Å². The molecule has 1 heterocycles. The summed E-state index contributed by atoms with van der Waals surface area (Å²) in [6.45, 7) is 3.70. The number of amides is 1. The van der Waals surface area contributed by atoms with Gasteiger partial charge in [-0.2, -0.15) is 5.10 Å². The van der Waals surface area contributed by atoms with Crippen molar-refractivity contribution in [2.75, 3.05) is 19.0 Å². The van der Waals surface area contributed by atoms with Crippen LogP contribution in [0.5, 0.6) is 5.75 Å². The molecule has 0 saturated heterocycles. The van der Waals surface area contributed by atoms with Gasteiger partial charge in [-0.25, -0.2) is 9.48 Å². The number of methoxy groups -OCH3 is 1. The van der Waals surface area contributed by atoms with Gasteiger partial charge in [-0.3, -0.25) is 4.79 Å². The second-order valence-electron chi connectivity index (χ2n) is 6.27. The van der Waals surface area contributed by atoms with Crippen molar-refractivity contribution in [2.24, 2.45) is 0 Å². The van der Waals surface area contributed by atoms with Crippen LogP contribution < -0.4 is 10.1 Å². The Morgan fingerprint density at radius 2 is 1.71 bits per heavy atom. The third-order valence-corrected chi connectivity index (χ3v) is 4.02. The van der Waals surface area contributed by atoms with Gasteiger partial charge in [0.05, 0.1) is 24.1 Å². The molecule has 7 nitrogen and oxygen atoms in total. The Morgan fingerprint density at radius 1 is 1.04 bits per heavy atom. The van der Waals surface area contributed by atoms with Crippen molar-refractivity contribution in [2.45, 2.75) is 13.8 Å². The first kappa shape index (κ1) is 19.2. The average molecular weight is 379 g/mol. The molecule has 144 valence electrons. The molecule has 2 aromatic carbocycles. The maximum absolute atomic E-state index is 12.3. The molecule has 28 heavy (non-hydrogen) atoms. The Hall–Kier alpha value is -3.61. The smallest absolute Gasteiger partial charge is 0.337 e. The fourth-order valence-electron chi connectivity index (χ4n) is 2.60. The van der Waals surface area contributed by atoms with E-state index in [1.807, 2.05) is 38.1 Å². The number of rotatable bonds is 6. The zero-order valence-corrected chi connectivity index (χ0v) is 15.9. The van der Waals surface area contributed by atoms with Gasteiger partial charge < -0.3 is 14.8 Å². The molecule has 7 heteroatoms. The van der Waals surface area contributed by atoms with Gasteiger partial charge in [-0.1, -0.05) is 17.7 Å². The highest BCUT2D eigenvalue weighted by Gasteiger charge is 2.12. The van der Waals surface area contributed by atoms with Gasteiger partial charge in [0, 0.05) is 6.07 Å². The number of hydrogen-bond acceptors (Lipinski definition) is 5. The van der Waals surface area contributed by atoms with Crippen LogP contribution >= 0.6 is 0 Å². The van der Waals surface area contributed by atoms with Crippen molar-refractivity contribution in [3.05, 3.63) is 71.4 Å². The molecule has 0 unspecified atom stereocenters. The summed E-state index contributed by atoms with van der Waals surface area (Å²) in [6, 6.07) is 16.0. The molecule has 3 rings (SSSR count). The molecule has 0 radical (unpaired) electrons. The van der Waals surface area contributed by atoms with Gasteiger partial charge in [-0.05, 0) is 50.2 Å². The van der Waals surface area contributed by atoms with E-state index in [9.17, 15) is 9.59 Å². The standard InChI is InChI=1S/C21H21N3O4/c1-14-4-8-17(9-5-14)24-19(12-15(2)23-24)22-20(25)13-28-18-10-6-16(7-11-18)21(26)27-3/h4-12H,13H2,1-3H3,(H,22,25). The Morgan fingerprint density at radius 3 is 2.36 bits per heavy atom. The number of aryl methyl sites for hydroxylation is 2. The van der Waals surface area contributed by atoms with Crippen LogP contribution in [0.3, 0.4) is 0 Å². The fraction of sp³-hybridized carbons (Fsp3) is 0.190. The number of nitrogens with zero attached hydrogens (tertiary/aromatic N) is 2. The minimum absolute atomic E-state index is 0.171. The molecule has 0 saturated carbocycles. The van der Waals surface area contributed by atoms with Crippen LogP contribution in [0.2, 0.25) is 0 Å². The van der Waals surface area contributed by atoms with Crippen molar-refractivity contribution < 1.29 is 19.1 Å². The van der Waals surface area contributed by atoms with E-state index in [1.165, 1.54) is 7.11 Å². The lowest BCUT2D eigenvalue weighted by Crippen LogP contribution is -2.21. The molecular weight excluding hydrogens is 358 g/mol. The predicted molar refractivity (Wildman–Crippen MR) is 105 cm³/mol. The third kappa shape index (κ3) is 4.56. The number of aromatic nitrogens is 2. The molecule has 3 aromatic rings. The molecule has 0 aliphatic carbocycles. The first-order valence-electron chi connectivity index (χ1n) is 8.71. The van der Waals surface area contributed by atoms with Crippen LogP contribution in [0.15, 0.2) is 54.6 Å². The van der Waals surface area contributed by atoms with E-state index in [0.29, 0.717) is 17.1 Å². The minimum Gasteiger partial charge on any atom is -0.484 e. The topological polar surface area (TPSA) is 82.4 Å². The lowest BCUT2D eigenvalue weighted by molar-refractivity contribution is -0.118. The van der Waals surface area contributed by atoms with E-state index in [0.717, 1.165) is 16.9 Å². The Bertz CT molecular complexity index is 976. The van der Waals surface area contributed by atoms with E-state index in [2.05, 4.69) is 15.2 Å². The van der Waals surface area contributed by atoms with Gasteiger partial charge in [-0.15, -0.1) is 0 Å². The number of hydrogen-bond donors (Lipinski definition) is 1. The summed E-state index contributed by atoms with van der Waals surface area (Å²) in [6.07, 6.45) is 0. The number of esters is 1.